The molecule has 0 atom stereocenters. The van der Waals surface area contributed by atoms with Gasteiger partial charge in [-0.2, -0.15) is 8.78 Å². The Balaban J connectivity index is 2.99. The van der Waals surface area contributed by atoms with Crippen molar-refractivity contribution >= 4 is 22.6 Å². The molecule has 0 radical (unpaired) electrons. The molecule has 0 saturated carbocycles. The molecule has 0 amide bonds. The maximum absolute atomic E-state index is 12.6. The minimum Gasteiger partial charge on any atom is -0.435 e. The standard InChI is InChI=1S/C7H3F4IO/c8-4-1-3(13-7(10)11)2-5(12)6(4)9/h1-2,7H. The molecule has 1 aromatic carbocycles. The average molecular weight is 306 g/mol. The molecule has 0 heterocycles. The van der Waals surface area contributed by atoms with Crippen molar-refractivity contribution in [2.24, 2.45) is 0 Å². The number of ether oxygens (including phenoxy) is 1. The van der Waals surface area contributed by atoms with Gasteiger partial charge in [0.05, 0.1) is 3.57 Å². The van der Waals surface area contributed by atoms with Crippen molar-refractivity contribution in [3.63, 3.8) is 0 Å². The molecule has 0 bridgehead atoms. The predicted octanol–water partition coefficient (Wildman–Crippen LogP) is 3.17. The lowest BCUT2D eigenvalue weighted by Crippen LogP contribution is -2.03. The van der Waals surface area contributed by atoms with Crippen molar-refractivity contribution in [3.05, 3.63) is 27.3 Å². The van der Waals surface area contributed by atoms with E-state index >= 15 is 0 Å². The van der Waals surface area contributed by atoms with Crippen LogP contribution in [-0.4, -0.2) is 6.61 Å². The first kappa shape index (κ1) is 10.6. The maximum atomic E-state index is 12.6. The molecule has 0 aliphatic carbocycles. The summed E-state index contributed by atoms with van der Waals surface area (Å²) >= 11 is 1.48. The maximum Gasteiger partial charge on any atom is 0.387 e. The zero-order valence-corrected chi connectivity index (χ0v) is 8.19. The van der Waals surface area contributed by atoms with Crippen LogP contribution in [0.2, 0.25) is 0 Å². The van der Waals surface area contributed by atoms with Crippen molar-refractivity contribution < 1.29 is 22.3 Å². The van der Waals surface area contributed by atoms with Gasteiger partial charge in [0, 0.05) is 6.07 Å². The van der Waals surface area contributed by atoms with Crippen LogP contribution < -0.4 is 4.74 Å². The molecule has 0 fully saturated rings. The lowest BCUT2D eigenvalue weighted by atomic mass is 10.3. The SMILES string of the molecule is Fc1cc(OC(F)F)cc(I)c1F. The third kappa shape index (κ3) is 2.71. The van der Waals surface area contributed by atoms with E-state index in [4.69, 9.17) is 0 Å². The van der Waals surface area contributed by atoms with Gasteiger partial charge in [0.1, 0.15) is 5.75 Å². The van der Waals surface area contributed by atoms with Crippen molar-refractivity contribution in [2.75, 3.05) is 0 Å². The van der Waals surface area contributed by atoms with Gasteiger partial charge in [-0.1, -0.05) is 0 Å². The first-order valence-corrected chi connectivity index (χ1v) is 4.18. The van der Waals surface area contributed by atoms with Gasteiger partial charge < -0.3 is 4.74 Å². The Labute approximate surface area is 84.8 Å². The molecule has 6 heteroatoms. The highest BCUT2D eigenvalue weighted by molar-refractivity contribution is 14.1. The molecule has 0 aliphatic heterocycles. The van der Waals surface area contributed by atoms with Gasteiger partial charge in [-0.05, 0) is 28.7 Å². The van der Waals surface area contributed by atoms with E-state index in [9.17, 15) is 17.6 Å². The number of rotatable bonds is 2. The van der Waals surface area contributed by atoms with Gasteiger partial charge in [0.25, 0.3) is 0 Å². The van der Waals surface area contributed by atoms with Gasteiger partial charge in [0.2, 0.25) is 0 Å². The van der Waals surface area contributed by atoms with Gasteiger partial charge in [0.15, 0.2) is 11.6 Å². The zero-order valence-electron chi connectivity index (χ0n) is 6.03. The topological polar surface area (TPSA) is 9.23 Å². The molecule has 1 rings (SSSR count). The highest BCUT2D eigenvalue weighted by atomic mass is 127. The Morgan fingerprint density at radius 2 is 1.85 bits per heavy atom. The summed E-state index contributed by atoms with van der Waals surface area (Å²) in [4.78, 5) is 0. The number of halogens is 5. The van der Waals surface area contributed by atoms with Crippen LogP contribution in [0.5, 0.6) is 5.75 Å². The van der Waals surface area contributed by atoms with Crippen molar-refractivity contribution in [2.45, 2.75) is 6.61 Å². The Kier molecular flexibility index (Phi) is 3.34. The molecule has 13 heavy (non-hydrogen) atoms. The van der Waals surface area contributed by atoms with E-state index in [1.165, 1.54) is 22.6 Å². The van der Waals surface area contributed by atoms with Crippen LogP contribution in [0.1, 0.15) is 0 Å². The Hall–Kier alpha value is -0.530. The number of alkyl halides is 2. The summed E-state index contributed by atoms with van der Waals surface area (Å²) in [5.41, 5.74) is 0. The second kappa shape index (κ2) is 4.12. The van der Waals surface area contributed by atoms with E-state index in [0.29, 0.717) is 6.07 Å². The number of hydrogen-bond acceptors (Lipinski definition) is 1. The summed E-state index contributed by atoms with van der Waals surface area (Å²) in [5, 5.41) is 0. The molecule has 1 nitrogen and oxygen atoms in total. The second-order valence-electron chi connectivity index (χ2n) is 2.08. The molecule has 0 N–H and O–H groups in total. The summed E-state index contributed by atoms with van der Waals surface area (Å²) in [5.74, 6) is -2.66. The normalized spacial score (nSPS) is 10.6. The summed E-state index contributed by atoms with van der Waals surface area (Å²) in [7, 11) is 0. The fourth-order valence-electron chi connectivity index (χ4n) is 0.703. The summed E-state index contributed by atoms with van der Waals surface area (Å²) in [6.45, 7) is -3.04. The predicted molar refractivity (Wildman–Crippen MR) is 45.7 cm³/mol. The Bertz CT molecular complexity index is 292. The highest BCUT2D eigenvalue weighted by Gasteiger charge is 2.11. The third-order valence-electron chi connectivity index (χ3n) is 1.18. The average Bonchev–Trinajstić information content (AvgIpc) is 1.98. The zero-order chi connectivity index (χ0) is 10.0. The molecule has 0 saturated heterocycles. The van der Waals surface area contributed by atoms with E-state index < -0.39 is 24.0 Å². The molecule has 1 aromatic rings. The van der Waals surface area contributed by atoms with Crippen LogP contribution in [0.4, 0.5) is 17.6 Å². The number of hydrogen-bond donors (Lipinski definition) is 0. The minimum absolute atomic E-state index is 0.103. The van der Waals surface area contributed by atoms with Gasteiger partial charge in [-0.3, -0.25) is 0 Å². The van der Waals surface area contributed by atoms with Crippen LogP contribution in [0.3, 0.4) is 0 Å². The Morgan fingerprint density at radius 3 is 2.31 bits per heavy atom. The highest BCUT2D eigenvalue weighted by Crippen LogP contribution is 2.22. The quantitative estimate of drug-likeness (QED) is 0.463. The third-order valence-corrected chi connectivity index (χ3v) is 1.97. The summed E-state index contributed by atoms with van der Waals surface area (Å²) < 4.78 is 52.3. The Morgan fingerprint density at radius 1 is 1.23 bits per heavy atom. The molecule has 0 spiro atoms. The molecule has 72 valence electrons. The lowest BCUT2D eigenvalue weighted by molar-refractivity contribution is -0.0501. The van der Waals surface area contributed by atoms with Crippen LogP contribution in [-0.2, 0) is 0 Å². The smallest absolute Gasteiger partial charge is 0.387 e. The monoisotopic (exact) mass is 306 g/mol. The van der Waals surface area contributed by atoms with Crippen molar-refractivity contribution in [1.29, 1.82) is 0 Å². The fourth-order valence-corrected chi connectivity index (χ4v) is 1.27. The first-order valence-electron chi connectivity index (χ1n) is 3.10. The largest absolute Gasteiger partial charge is 0.435 e. The van der Waals surface area contributed by atoms with E-state index in [0.717, 1.165) is 6.07 Å². The van der Waals surface area contributed by atoms with E-state index in [1.807, 2.05) is 0 Å². The molecule has 0 unspecified atom stereocenters. The lowest BCUT2D eigenvalue weighted by Gasteiger charge is -2.05. The van der Waals surface area contributed by atoms with Crippen LogP contribution >= 0.6 is 22.6 Å². The fraction of sp³-hybridized carbons (Fsp3) is 0.143. The van der Waals surface area contributed by atoms with E-state index in [2.05, 4.69) is 4.74 Å². The summed E-state index contributed by atoms with van der Waals surface area (Å²) in [6.07, 6.45) is 0. The molecular formula is C7H3F4IO. The second-order valence-corrected chi connectivity index (χ2v) is 3.24. The summed E-state index contributed by atoms with van der Waals surface area (Å²) in [6, 6.07) is 1.56. The van der Waals surface area contributed by atoms with Crippen LogP contribution in [0.15, 0.2) is 12.1 Å². The van der Waals surface area contributed by atoms with Gasteiger partial charge in [-0.25, -0.2) is 8.78 Å². The van der Waals surface area contributed by atoms with E-state index in [1.54, 1.807) is 0 Å². The van der Waals surface area contributed by atoms with Crippen molar-refractivity contribution in [3.8, 4) is 5.75 Å². The molecule has 0 aliphatic rings. The van der Waals surface area contributed by atoms with Gasteiger partial charge >= 0.3 is 6.61 Å². The molecule has 0 aromatic heterocycles. The van der Waals surface area contributed by atoms with E-state index in [-0.39, 0.29) is 3.57 Å². The van der Waals surface area contributed by atoms with Crippen LogP contribution in [0, 0.1) is 15.2 Å². The minimum atomic E-state index is -3.04. The van der Waals surface area contributed by atoms with Crippen LogP contribution in [0.25, 0.3) is 0 Å². The number of benzene rings is 1. The van der Waals surface area contributed by atoms with Crippen molar-refractivity contribution in [1.82, 2.24) is 0 Å². The first-order chi connectivity index (χ1) is 6.00. The van der Waals surface area contributed by atoms with Gasteiger partial charge in [-0.15, -0.1) is 0 Å². The molecular weight excluding hydrogens is 303 g/mol.